The zero-order valence-electron chi connectivity index (χ0n) is 10.6. The van der Waals surface area contributed by atoms with E-state index in [1.165, 1.54) is 7.11 Å². The number of nitrogens with one attached hydrogen (secondary N) is 1. The fraction of sp³-hybridized carbons (Fsp3) is 0.385. The first-order valence-electron chi connectivity index (χ1n) is 5.78. The van der Waals surface area contributed by atoms with Gasteiger partial charge in [-0.15, -0.1) is 12.4 Å². The number of halogens is 2. The van der Waals surface area contributed by atoms with Crippen LogP contribution in [-0.4, -0.2) is 29.9 Å². The van der Waals surface area contributed by atoms with E-state index in [1.807, 2.05) is 29.2 Å². The van der Waals surface area contributed by atoms with Gasteiger partial charge >= 0.3 is 5.97 Å². The van der Waals surface area contributed by atoms with Crippen LogP contribution in [0.5, 0.6) is 0 Å². The van der Waals surface area contributed by atoms with Gasteiger partial charge in [0.2, 0.25) is 0 Å². The van der Waals surface area contributed by atoms with Crippen molar-refractivity contribution in [3.8, 4) is 0 Å². The monoisotopic (exact) mass is 346 g/mol. The van der Waals surface area contributed by atoms with Gasteiger partial charge in [-0.1, -0.05) is 28.1 Å². The topological polar surface area (TPSA) is 53.4 Å². The Balaban J connectivity index is 0.00000180. The second kappa shape index (κ2) is 6.91. The molecule has 1 fully saturated rings. The Labute approximate surface area is 127 Å². The fourth-order valence-corrected chi connectivity index (χ4v) is 2.40. The summed E-state index contributed by atoms with van der Waals surface area (Å²) in [6.07, 6.45) is 1.30. The summed E-state index contributed by atoms with van der Waals surface area (Å²) >= 11 is 3.39. The second-order valence-electron chi connectivity index (χ2n) is 4.28. The third-order valence-corrected chi connectivity index (χ3v) is 3.65. The molecule has 0 bridgehead atoms. The minimum atomic E-state index is -0.314. The zero-order valence-corrected chi connectivity index (χ0v) is 13.0. The van der Waals surface area contributed by atoms with Crippen molar-refractivity contribution in [3.05, 3.63) is 34.3 Å². The van der Waals surface area contributed by atoms with E-state index in [2.05, 4.69) is 15.9 Å². The predicted molar refractivity (Wildman–Crippen MR) is 79.7 cm³/mol. The number of methoxy groups -OCH3 is 1. The number of ether oxygens (including phenoxy) is 1. The summed E-state index contributed by atoms with van der Waals surface area (Å²) in [5.74, 6) is 0.252. The Morgan fingerprint density at radius 2 is 2.11 bits per heavy atom. The van der Waals surface area contributed by atoms with Crippen LogP contribution < -0.4 is 0 Å². The van der Waals surface area contributed by atoms with Gasteiger partial charge in [-0.3, -0.25) is 5.41 Å². The van der Waals surface area contributed by atoms with Crippen LogP contribution in [-0.2, 0) is 16.1 Å². The van der Waals surface area contributed by atoms with E-state index in [0.29, 0.717) is 25.2 Å². The molecule has 2 rings (SSSR count). The Kier molecular flexibility index (Phi) is 5.82. The number of hydrogen-bond donors (Lipinski definition) is 1. The van der Waals surface area contributed by atoms with Crippen molar-refractivity contribution in [1.82, 2.24) is 4.90 Å². The molecular formula is C13H16BrClN2O2. The molecule has 1 N–H and O–H groups in total. The molecule has 104 valence electrons. The lowest BCUT2D eigenvalue weighted by Crippen LogP contribution is -2.38. The normalized spacial score (nSPS) is 18.1. The molecule has 1 aliphatic rings. The maximum absolute atomic E-state index is 11.6. The second-order valence-corrected chi connectivity index (χ2v) is 5.19. The van der Waals surface area contributed by atoms with Crippen LogP contribution >= 0.6 is 28.3 Å². The molecule has 6 heteroatoms. The maximum atomic E-state index is 11.6. The summed E-state index contributed by atoms with van der Waals surface area (Å²) in [5.41, 5.74) is 1.08. The highest BCUT2D eigenvalue weighted by Crippen LogP contribution is 2.23. The van der Waals surface area contributed by atoms with Gasteiger partial charge in [0.05, 0.1) is 12.9 Å². The highest BCUT2D eigenvalue weighted by atomic mass is 79.9. The SMILES string of the molecule is COC(=O)C1CCC(=N)N1Cc1ccc(Br)cc1.Cl. The lowest BCUT2D eigenvalue weighted by Gasteiger charge is -2.24. The number of likely N-dealkylation sites (tertiary alicyclic amines) is 1. The first-order chi connectivity index (χ1) is 8.61. The van der Waals surface area contributed by atoms with Gasteiger partial charge in [0.15, 0.2) is 0 Å². The Hall–Kier alpha value is -1.07. The average molecular weight is 348 g/mol. The van der Waals surface area contributed by atoms with Crippen molar-refractivity contribution < 1.29 is 9.53 Å². The quantitative estimate of drug-likeness (QED) is 0.855. The zero-order chi connectivity index (χ0) is 13.1. The molecule has 1 heterocycles. The standard InChI is InChI=1S/C13H15BrN2O2.ClH/c1-18-13(17)11-6-7-12(15)16(11)8-9-2-4-10(14)5-3-9;/h2-5,11,15H,6-8H2,1H3;1H. The molecular weight excluding hydrogens is 332 g/mol. The minimum absolute atomic E-state index is 0. The summed E-state index contributed by atoms with van der Waals surface area (Å²) in [6, 6.07) is 7.59. The summed E-state index contributed by atoms with van der Waals surface area (Å²) in [7, 11) is 1.39. The average Bonchev–Trinajstić information content (AvgIpc) is 2.73. The number of hydrogen-bond acceptors (Lipinski definition) is 3. The van der Waals surface area contributed by atoms with Crippen LogP contribution in [0.4, 0.5) is 0 Å². The molecule has 0 radical (unpaired) electrons. The molecule has 1 atom stereocenters. The summed E-state index contributed by atoms with van der Waals surface area (Å²) in [4.78, 5) is 13.5. The number of rotatable bonds is 3. The molecule has 0 aliphatic carbocycles. The number of esters is 1. The molecule has 19 heavy (non-hydrogen) atoms. The van der Waals surface area contributed by atoms with Crippen molar-refractivity contribution in [2.75, 3.05) is 7.11 Å². The van der Waals surface area contributed by atoms with Crippen molar-refractivity contribution in [2.24, 2.45) is 0 Å². The molecule has 4 nitrogen and oxygen atoms in total. The minimum Gasteiger partial charge on any atom is -0.467 e. The Bertz CT molecular complexity index is 464. The number of carbonyl (C=O) groups excluding carboxylic acids is 1. The lowest BCUT2D eigenvalue weighted by atomic mass is 10.2. The van der Waals surface area contributed by atoms with Crippen LogP contribution in [0.2, 0.25) is 0 Å². The van der Waals surface area contributed by atoms with Gasteiger partial charge in [0.25, 0.3) is 0 Å². The third-order valence-electron chi connectivity index (χ3n) is 3.12. The van der Waals surface area contributed by atoms with Crippen LogP contribution in [0, 0.1) is 5.41 Å². The number of benzene rings is 1. The van der Waals surface area contributed by atoms with Crippen LogP contribution in [0.3, 0.4) is 0 Å². The van der Waals surface area contributed by atoms with Gasteiger partial charge < -0.3 is 9.64 Å². The number of nitrogens with zero attached hydrogens (tertiary/aromatic N) is 1. The molecule has 1 aromatic rings. The molecule has 0 amide bonds. The largest absolute Gasteiger partial charge is 0.467 e. The van der Waals surface area contributed by atoms with Crippen molar-refractivity contribution in [3.63, 3.8) is 0 Å². The van der Waals surface area contributed by atoms with Gasteiger partial charge in [-0.2, -0.15) is 0 Å². The van der Waals surface area contributed by atoms with E-state index in [4.69, 9.17) is 10.1 Å². The number of amidine groups is 1. The van der Waals surface area contributed by atoms with Gasteiger partial charge in [0.1, 0.15) is 6.04 Å². The molecule has 0 aromatic heterocycles. The first kappa shape index (κ1) is 16.0. The molecule has 1 saturated heterocycles. The first-order valence-corrected chi connectivity index (χ1v) is 6.57. The third kappa shape index (κ3) is 3.70. The van der Waals surface area contributed by atoms with E-state index in [-0.39, 0.29) is 24.4 Å². The van der Waals surface area contributed by atoms with Crippen LogP contribution in [0.25, 0.3) is 0 Å². The van der Waals surface area contributed by atoms with Crippen molar-refractivity contribution in [1.29, 1.82) is 5.41 Å². The molecule has 0 saturated carbocycles. The Morgan fingerprint density at radius 1 is 1.47 bits per heavy atom. The molecule has 1 unspecified atom stereocenters. The van der Waals surface area contributed by atoms with E-state index in [9.17, 15) is 4.79 Å². The lowest BCUT2D eigenvalue weighted by molar-refractivity contribution is -0.145. The van der Waals surface area contributed by atoms with E-state index < -0.39 is 0 Å². The maximum Gasteiger partial charge on any atom is 0.328 e. The highest BCUT2D eigenvalue weighted by molar-refractivity contribution is 9.10. The summed E-state index contributed by atoms with van der Waals surface area (Å²) < 4.78 is 5.81. The summed E-state index contributed by atoms with van der Waals surface area (Å²) in [5, 5.41) is 7.91. The Morgan fingerprint density at radius 3 is 2.68 bits per heavy atom. The predicted octanol–water partition coefficient (Wildman–Crippen LogP) is 2.99. The number of carbonyl (C=O) groups is 1. The van der Waals surface area contributed by atoms with Crippen molar-refractivity contribution >= 4 is 40.1 Å². The van der Waals surface area contributed by atoms with E-state index in [0.717, 1.165) is 10.0 Å². The fourth-order valence-electron chi connectivity index (χ4n) is 2.13. The smallest absolute Gasteiger partial charge is 0.328 e. The van der Waals surface area contributed by atoms with Gasteiger partial charge in [-0.05, 0) is 24.1 Å². The van der Waals surface area contributed by atoms with Crippen LogP contribution in [0.15, 0.2) is 28.7 Å². The van der Waals surface area contributed by atoms with Crippen LogP contribution in [0.1, 0.15) is 18.4 Å². The molecule has 1 aromatic carbocycles. The van der Waals surface area contributed by atoms with E-state index in [1.54, 1.807) is 0 Å². The van der Waals surface area contributed by atoms with Crippen molar-refractivity contribution in [2.45, 2.75) is 25.4 Å². The molecule has 0 spiro atoms. The van der Waals surface area contributed by atoms with Gasteiger partial charge in [-0.25, -0.2) is 4.79 Å². The molecule has 1 aliphatic heterocycles. The summed E-state index contributed by atoms with van der Waals surface area (Å²) in [6.45, 7) is 0.575. The highest BCUT2D eigenvalue weighted by Gasteiger charge is 2.34. The van der Waals surface area contributed by atoms with Gasteiger partial charge in [0, 0.05) is 17.4 Å². The van der Waals surface area contributed by atoms with E-state index >= 15 is 0 Å².